The van der Waals surface area contributed by atoms with Gasteiger partial charge in [-0.3, -0.25) is 4.79 Å². The highest BCUT2D eigenvalue weighted by Gasteiger charge is 2.40. The van der Waals surface area contributed by atoms with Crippen LogP contribution in [-0.4, -0.2) is 18.5 Å². The number of carbonyl (C=O) groups is 1. The maximum absolute atomic E-state index is 13.8. The first-order chi connectivity index (χ1) is 11.5. The lowest BCUT2D eigenvalue weighted by molar-refractivity contribution is -0.127. The lowest BCUT2D eigenvalue weighted by Gasteiger charge is -2.43. The van der Waals surface area contributed by atoms with Gasteiger partial charge in [0.05, 0.1) is 0 Å². The van der Waals surface area contributed by atoms with Crippen molar-refractivity contribution in [2.45, 2.75) is 51.0 Å². The van der Waals surface area contributed by atoms with E-state index in [1.165, 1.54) is 18.6 Å². The Kier molecular flexibility index (Phi) is 5.18. The highest BCUT2D eigenvalue weighted by molar-refractivity contribution is 5.78. The number of hydrogen-bond acceptors (Lipinski definition) is 2. The molecule has 0 spiro atoms. The molecule has 2 bridgehead atoms. The molecule has 3 rings (SSSR count). The van der Waals surface area contributed by atoms with E-state index < -0.39 is 11.6 Å². The van der Waals surface area contributed by atoms with Gasteiger partial charge in [0, 0.05) is 30.5 Å². The standard InChI is InChI=1S/C19H26F2N2O/c1-11(16-6-5-15(20)9-17(16)21)10-23-19(24)14-7-12-3-2-4-13(8-14)18(12)22/h5-6,9,11-14,18H,2-4,7-8,10,22H2,1H3,(H,23,24). The molecular formula is C19H26F2N2O. The Bertz CT molecular complexity index is 593. The normalized spacial score (nSPS) is 30.7. The molecule has 2 fully saturated rings. The van der Waals surface area contributed by atoms with Crippen molar-refractivity contribution in [3.63, 3.8) is 0 Å². The van der Waals surface area contributed by atoms with Crippen LogP contribution in [0.25, 0.3) is 0 Å². The van der Waals surface area contributed by atoms with Crippen LogP contribution in [0.5, 0.6) is 0 Å². The molecule has 0 heterocycles. The highest BCUT2D eigenvalue weighted by atomic mass is 19.1. The fraction of sp³-hybridized carbons (Fsp3) is 0.632. The van der Waals surface area contributed by atoms with E-state index in [1.54, 1.807) is 0 Å². The molecule has 3 nitrogen and oxygen atoms in total. The van der Waals surface area contributed by atoms with Gasteiger partial charge >= 0.3 is 0 Å². The van der Waals surface area contributed by atoms with E-state index in [4.69, 9.17) is 5.73 Å². The summed E-state index contributed by atoms with van der Waals surface area (Å²) in [6.07, 6.45) is 5.20. The van der Waals surface area contributed by atoms with E-state index in [0.29, 0.717) is 23.9 Å². The maximum atomic E-state index is 13.8. The van der Waals surface area contributed by atoms with Crippen molar-refractivity contribution in [3.05, 3.63) is 35.4 Å². The average Bonchev–Trinajstić information content (AvgIpc) is 2.52. The van der Waals surface area contributed by atoms with Crippen molar-refractivity contribution in [1.82, 2.24) is 5.32 Å². The van der Waals surface area contributed by atoms with Crippen LogP contribution in [0, 0.1) is 29.4 Å². The summed E-state index contributed by atoms with van der Waals surface area (Å²) < 4.78 is 26.8. The van der Waals surface area contributed by atoms with Crippen LogP contribution < -0.4 is 11.1 Å². The number of fused-ring (bicyclic) bond motifs is 2. The Morgan fingerprint density at radius 2 is 1.96 bits per heavy atom. The molecule has 0 radical (unpaired) electrons. The second-order valence-corrected chi connectivity index (χ2v) is 7.51. The Labute approximate surface area is 142 Å². The SMILES string of the molecule is CC(CNC(=O)C1CC2CCCC(C1)C2N)c1ccc(F)cc1F. The summed E-state index contributed by atoms with van der Waals surface area (Å²) in [5.74, 6) is -0.355. The van der Waals surface area contributed by atoms with Crippen molar-refractivity contribution in [3.8, 4) is 0 Å². The van der Waals surface area contributed by atoms with E-state index in [9.17, 15) is 13.6 Å². The number of amides is 1. The number of nitrogens with two attached hydrogens (primary N) is 1. The molecule has 24 heavy (non-hydrogen) atoms. The van der Waals surface area contributed by atoms with E-state index >= 15 is 0 Å². The number of benzene rings is 1. The molecule has 0 aromatic heterocycles. The summed E-state index contributed by atoms with van der Waals surface area (Å²) in [6, 6.07) is 3.83. The quantitative estimate of drug-likeness (QED) is 0.886. The van der Waals surface area contributed by atoms with Crippen LogP contribution >= 0.6 is 0 Å². The zero-order valence-electron chi connectivity index (χ0n) is 14.1. The molecular weight excluding hydrogens is 310 g/mol. The predicted octanol–water partition coefficient (Wildman–Crippen LogP) is 3.34. The molecule has 2 aliphatic carbocycles. The van der Waals surface area contributed by atoms with Gasteiger partial charge in [-0.15, -0.1) is 0 Å². The Hall–Kier alpha value is -1.49. The van der Waals surface area contributed by atoms with Crippen LogP contribution in [0.4, 0.5) is 8.78 Å². The molecule has 0 aliphatic heterocycles. The summed E-state index contributed by atoms with van der Waals surface area (Å²) in [6.45, 7) is 2.20. The molecule has 5 heteroatoms. The van der Waals surface area contributed by atoms with Crippen LogP contribution in [0.3, 0.4) is 0 Å². The third kappa shape index (κ3) is 3.61. The Morgan fingerprint density at radius 3 is 2.58 bits per heavy atom. The van der Waals surface area contributed by atoms with Gasteiger partial charge in [0.15, 0.2) is 0 Å². The molecule has 1 aromatic carbocycles. The van der Waals surface area contributed by atoms with Crippen molar-refractivity contribution >= 4 is 5.91 Å². The van der Waals surface area contributed by atoms with Crippen LogP contribution in [-0.2, 0) is 4.79 Å². The molecule has 2 aliphatic rings. The monoisotopic (exact) mass is 336 g/mol. The zero-order valence-corrected chi connectivity index (χ0v) is 14.1. The van der Waals surface area contributed by atoms with Gasteiger partial charge in [0.2, 0.25) is 5.91 Å². The molecule has 0 saturated heterocycles. The molecule has 3 unspecified atom stereocenters. The average molecular weight is 336 g/mol. The Morgan fingerprint density at radius 1 is 1.29 bits per heavy atom. The minimum Gasteiger partial charge on any atom is -0.355 e. The van der Waals surface area contributed by atoms with Gasteiger partial charge in [0.25, 0.3) is 0 Å². The molecule has 1 aromatic rings. The number of rotatable bonds is 4. The lowest BCUT2D eigenvalue weighted by Crippen LogP contribution is -2.49. The summed E-state index contributed by atoms with van der Waals surface area (Å²) in [5, 5.41) is 2.96. The maximum Gasteiger partial charge on any atom is 0.223 e. The van der Waals surface area contributed by atoms with Crippen LogP contribution in [0.15, 0.2) is 18.2 Å². The van der Waals surface area contributed by atoms with Gasteiger partial charge in [-0.05, 0) is 49.1 Å². The summed E-state index contributed by atoms with van der Waals surface area (Å²) in [7, 11) is 0. The first-order valence-corrected chi connectivity index (χ1v) is 8.94. The first kappa shape index (κ1) is 17.3. The molecule has 2 saturated carbocycles. The second-order valence-electron chi connectivity index (χ2n) is 7.51. The second kappa shape index (κ2) is 7.18. The largest absolute Gasteiger partial charge is 0.355 e. The third-order valence-corrected chi connectivity index (χ3v) is 5.86. The minimum atomic E-state index is -0.586. The van der Waals surface area contributed by atoms with Crippen molar-refractivity contribution in [1.29, 1.82) is 0 Å². The molecule has 3 N–H and O–H groups in total. The van der Waals surface area contributed by atoms with Gasteiger partial charge in [-0.2, -0.15) is 0 Å². The highest BCUT2D eigenvalue weighted by Crippen LogP contribution is 2.41. The van der Waals surface area contributed by atoms with Crippen molar-refractivity contribution in [2.75, 3.05) is 6.54 Å². The predicted molar refractivity (Wildman–Crippen MR) is 89.3 cm³/mol. The first-order valence-electron chi connectivity index (χ1n) is 8.94. The number of halogens is 2. The Balaban J connectivity index is 1.55. The van der Waals surface area contributed by atoms with Crippen LogP contribution in [0.1, 0.15) is 50.5 Å². The van der Waals surface area contributed by atoms with Crippen molar-refractivity contribution < 1.29 is 13.6 Å². The lowest BCUT2D eigenvalue weighted by atomic mass is 9.65. The number of carbonyl (C=O) groups excluding carboxylic acids is 1. The van der Waals surface area contributed by atoms with Crippen molar-refractivity contribution in [2.24, 2.45) is 23.5 Å². The van der Waals surface area contributed by atoms with E-state index in [-0.39, 0.29) is 23.8 Å². The smallest absolute Gasteiger partial charge is 0.223 e. The van der Waals surface area contributed by atoms with E-state index in [1.807, 2.05) is 6.92 Å². The fourth-order valence-corrected chi connectivity index (χ4v) is 4.41. The van der Waals surface area contributed by atoms with Crippen LogP contribution in [0.2, 0.25) is 0 Å². The fourth-order valence-electron chi connectivity index (χ4n) is 4.41. The van der Waals surface area contributed by atoms with Gasteiger partial charge in [-0.25, -0.2) is 8.78 Å². The summed E-state index contributed by atoms with van der Waals surface area (Å²) in [4.78, 5) is 12.5. The molecule has 1 amide bonds. The molecule has 3 atom stereocenters. The summed E-state index contributed by atoms with van der Waals surface area (Å²) in [5.41, 5.74) is 6.70. The van der Waals surface area contributed by atoms with Gasteiger partial charge in [-0.1, -0.05) is 19.4 Å². The van der Waals surface area contributed by atoms with E-state index in [2.05, 4.69) is 5.32 Å². The molecule has 132 valence electrons. The third-order valence-electron chi connectivity index (χ3n) is 5.86. The topological polar surface area (TPSA) is 55.1 Å². The van der Waals surface area contributed by atoms with E-state index in [0.717, 1.165) is 31.7 Å². The zero-order chi connectivity index (χ0) is 17.3. The van der Waals surface area contributed by atoms with Gasteiger partial charge < -0.3 is 11.1 Å². The summed E-state index contributed by atoms with van der Waals surface area (Å²) >= 11 is 0. The number of hydrogen-bond donors (Lipinski definition) is 2. The number of nitrogens with one attached hydrogen (secondary N) is 1. The minimum absolute atomic E-state index is 0.0189. The van der Waals surface area contributed by atoms with Gasteiger partial charge in [0.1, 0.15) is 11.6 Å².